The summed E-state index contributed by atoms with van der Waals surface area (Å²) < 4.78 is 28.1. The van der Waals surface area contributed by atoms with Gasteiger partial charge in [-0.3, -0.25) is 14.4 Å². The third-order valence-corrected chi connectivity index (χ3v) is 7.78. The van der Waals surface area contributed by atoms with Crippen LogP contribution in [-0.4, -0.2) is 36.8 Å². The van der Waals surface area contributed by atoms with Gasteiger partial charge < -0.3 is 0 Å². The molecule has 0 fully saturated rings. The number of hydrogen-bond donors (Lipinski definition) is 1. The number of carbonyl (C=O) groups excluding carboxylic acids is 1. The molecule has 11 heteroatoms. The van der Waals surface area contributed by atoms with Crippen molar-refractivity contribution in [2.45, 2.75) is 9.24 Å². The molecule has 0 radical (unpaired) electrons. The molecule has 0 bridgehead atoms. The molecule has 1 N–H and O–H groups in total. The van der Waals surface area contributed by atoms with E-state index in [0.717, 1.165) is 4.31 Å². The van der Waals surface area contributed by atoms with E-state index in [0.29, 0.717) is 10.1 Å². The van der Waals surface area contributed by atoms with Gasteiger partial charge in [0.05, 0.1) is 15.6 Å². The third-order valence-electron chi connectivity index (χ3n) is 3.72. The zero-order valence-electron chi connectivity index (χ0n) is 15.6. The molecule has 3 aromatic rings. The normalized spacial score (nSPS) is 11.1. The maximum atomic E-state index is 13.2. The van der Waals surface area contributed by atoms with E-state index in [1.54, 1.807) is 48.5 Å². The van der Waals surface area contributed by atoms with Gasteiger partial charge in [0.1, 0.15) is 6.54 Å². The fraction of sp³-hybridized carbons (Fsp3) is 0.105. The van der Waals surface area contributed by atoms with Crippen LogP contribution in [0.4, 0.5) is 10.8 Å². The van der Waals surface area contributed by atoms with E-state index < -0.39 is 22.5 Å². The minimum atomic E-state index is -4.03. The number of carbonyl (C=O) groups is 1. The van der Waals surface area contributed by atoms with E-state index in [1.165, 1.54) is 35.2 Å². The monoisotopic (exact) mass is 480 g/mol. The molecule has 1 amide bonds. The molecule has 0 aliphatic heterocycles. The van der Waals surface area contributed by atoms with E-state index in [2.05, 4.69) is 22.1 Å². The Hall–Kier alpha value is -2.40. The summed E-state index contributed by atoms with van der Waals surface area (Å²) in [5.74, 6) is 0.101. The van der Waals surface area contributed by atoms with Crippen LogP contribution in [0.5, 0.6) is 0 Å². The van der Waals surface area contributed by atoms with E-state index in [-0.39, 0.29) is 20.7 Å². The number of sulfonamides is 1. The highest BCUT2D eigenvalue weighted by Crippen LogP contribution is 2.30. The minimum absolute atomic E-state index is 0.0525. The van der Waals surface area contributed by atoms with Gasteiger partial charge in [-0.25, -0.2) is 8.42 Å². The second-order valence-electron chi connectivity index (χ2n) is 5.80. The Kier molecular flexibility index (Phi) is 7.48. The Morgan fingerprint density at radius 3 is 2.57 bits per heavy atom. The van der Waals surface area contributed by atoms with Crippen molar-refractivity contribution in [2.75, 3.05) is 21.9 Å². The van der Waals surface area contributed by atoms with E-state index in [9.17, 15) is 13.2 Å². The quantitative estimate of drug-likeness (QED) is 0.279. The number of thioether (sulfide) groups is 1. The average molecular weight is 481 g/mol. The minimum Gasteiger partial charge on any atom is -0.299 e. The van der Waals surface area contributed by atoms with Crippen LogP contribution in [0.1, 0.15) is 0 Å². The number of para-hydroxylation sites is 1. The van der Waals surface area contributed by atoms with Crippen LogP contribution in [-0.2, 0) is 14.8 Å². The second-order valence-corrected chi connectivity index (χ2v) is 10.3. The first-order chi connectivity index (χ1) is 14.4. The number of nitrogens with zero attached hydrogens (tertiary/aromatic N) is 3. The van der Waals surface area contributed by atoms with Crippen LogP contribution >= 0.6 is 34.7 Å². The lowest BCUT2D eigenvalue weighted by Gasteiger charge is -2.24. The predicted molar refractivity (Wildman–Crippen MR) is 122 cm³/mol. The topological polar surface area (TPSA) is 92.3 Å². The molecule has 156 valence electrons. The van der Waals surface area contributed by atoms with Crippen molar-refractivity contribution in [3.8, 4) is 0 Å². The molecule has 2 aromatic carbocycles. The average Bonchev–Trinajstić information content (AvgIpc) is 3.19. The van der Waals surface area contributed by atoms with Crippen molar-refractivity contribution in [3.63, 3.8) is 0 Å². The highest BCUT2D eigenvalue weighted by Gasteiger charge is 2.28. The summed E-state index contributed by atoms with van der Waals surface area (Å²) in [5.41, 5.74) is 0.206. The first kappa shape index (κ1) is 22.3. The first-order valence-corrected chi connectivity index (χ1v) is 12.2. The Morgan fingerprint density at radius 1 is 1.17 bits per heavy atom. The highest BCUT2D eigenvalue weighted by atomic mass is 35.5. The van der Waals surface area contributed by atoms with Crippen LogP contribution in [0.3, 0.4) is 0 Å². The Labute approximate surface area is 187 Å². The summed E-state index contributed by atoms with van der Waals surface area (Å²) in [5, 5.41) is 11.0. The van der Waals surface area contributed by atoms with Crippen molar-refractivity contribution in [2.24, 2.45) is 0 Å². The summed E-state index contributed by atoms with van der Waals surface area (Å²) in [7, 11) is -4.03. The van der Waals surface area contributed by atoms with E-state index >= 15 is 0 Å². The number of anilines is 2. The molecule has 0 spiro atoms. The van der Waals surface area contributed by atoms with Gasteiger partial charge >= 0.3 is 0 Å². The summed E-state index contributed by atoms with van der Waals surface area (Å²) >= 11 is 8.87. The SMILES string of the molecule is C=CCSc1nnc(NC(=O)CN(c2ccccc2Cl)S(=O)(=O)c2ccccc2)s1. The van der Waals surface area contributed by atoms with Crippen LogP contribution in [0.15, 0.2) is 76.5 Å². The molecule has 0 aliphatic carbocycles. The smallest absolute Gasteiger partial charge is 0.264 e. The number of aromatic nitrogens is 2. The zero-order chi connectivity index (χ0) is 21.6. The number of halogens is 1. The predicted octanol–water partition coefficient (Wildman–Crippen LogP) is 4.30. The number of amides is 1. The number of rotatable bonds is 9. The lowest BCUT2D eigenvalue weighted by atomic mass is 10.3. The Morgan fingerprint density at radius 2 is 1.87 bits per heavy atom. The van der Waals surface area contributed by atoms with Gasteiger partial charge in [0.25, 0.3) is 10.0 Å². The highest BCUT2D eigenvalue weighted by molar-refractivity contribution is 8.01. The van der Waals surface area contributed by atoms with Gasteiger partial charge in [-0.2, -0.15) is 0 Å². The lowest BCUT2D eigenvalue weighted by molar-refractivity contribution is -0.114. The molecule has 0 aliphatic rings. The third kappa shape index (κ3) is 5.39. The molecule has 7 nitrogen and oxygen atoms in total. The van der Waals surface area contributed by atoms with E-state index in [4.69, 9.17) is 11.6 Å². The number of hydrogen-bond acceptors (Lipinski definition) is 7. The fourth-order valence-electron chi connectivity index (χ4n) is 2.41. The van der Waals surface area contributed by atoms with Crippen molar-refractivity contribution in [1.29, 1.82) is 0 Å². The summed E-state index contributed by atoms with van der Waals surface area (Å²) in [6.45, 7) is 3.16. The molecule has 30 heavy (non-hydrogen) atoms. The number of benzene rings is 2. The molecule has 0 atom stereocenters. The van der Waals surface area contributed by atoms with Gasteiger partial charge in [-0.05, 0) is 24.3 Å². The largest absolute Gasteiger partial charge is 0.299 e. The van der Waals surface area contributed by atoms with Gasteiger partial charge in [0, 0.05) is 5.75 Å². The number of nitrogens with one attached hydrogen (secondary N) is 1. The van der Waals surface area contributed by atoms with Gasteiger partial charge in [0.15, 0.2) is 4.34 Å². The Bertz CT molecular complexity index is 1140. The zero-order valence-corrected chi connectivity index (χ0v) is 18.8. The van der Waals surface area contributed by atoms with Crippen molar-refractivity contribution >= 4 is 61.4 Å². The molecule has 3 rings (SSSR count). The van der Waals surface area contributed by atoms with Crippen LogP contribution in [0.25, 0.3) is 0 Å². The van der Waals surface area contributed by atoms with Crippen LogP contribution in [0.2, 0.25) is 5.02 Å². The molecule has 0 unspecified atom stereocenters. The fourth-order valence-corrected chi connectivity index (χ4v) is 5.69. The van der Waals surface area contributed by atoms with Gasteiger partial charge in [0.2, 0.25) is 11.0 Å². The first-order valence-electron chi connectivity index (χ1n) is 8.61. The molecular formula is C19H17ClN4O3S3. The van der Waals surface area contributed by atoms with Crippen LogP contribution < -0.4 is 9.62 Å². The summed E-state index contributed by atoms with van der Waals surface area (Å²) in [6, 6.07) is 14.3. The lowest BCUT2D eigenvalue weighted by Crippen LogP contribution is -2.38. The van der Waals surface area contributed by atoms with Gasteiger partial charge in [-0.1, -0.05) is 71.1 Å². The molecule has 1 aromatic heterocycles. The molecule has 0 saturated heterocycles. The standard InChI is InChI=1S/C19H17ClN4O3S3/c1-2-12-28-19-23-22-18(29-19)21-17(25)13-24(16-11-7-6-10-15(16)20)30(26,27)14-8-4-3-5-9-14/h2-11H,1,12-13H2,(H,21,22,25). The van der Waals surface area contributed by atoms with Crippen molar-refractivity contribution in [3.05, 3.63) is 72.3 Å². The maximum Gasteiger partial charge on any atom is 0.264 e. The van der Waals surface area contributed by atoms with Crippen molar-refractivity contribution < 1.29 is 13.2 Å². The molecular weight excluding hydrogens is 464 g/mol. The van der Waals surface area contributed by atoms with Gasteiger partial charge in [-0.15, -0.1) is 16.8 Å². The second kappa shape index (κ2) is 10.1. The summed E-state index contributed by atoms with van der Waals surface area (Å²) in [4.78, 5) is 12.7. The Balaban J connectivity index is 1.86. The van der Waals surface area contributed by atoms with Crippen LogP contribution in [0, 0.1) is 0 Å². The maximum absolute atomic E-state index is 13.2. The molecule has 1 heterocycles. The summed E-state index contributed by atoms with van der Waals surface area (Å²) in [6.07, 6.45) is 1.74. The van der Waals surface area contributed by atoms with Crippen molar-refractivity contribution in [1.82, 2.24) is 10.2 Å². The molecule has 0 saturated carbocycles. The van der Waals surface area contributed by atoms with E-state index in [1.807, 2.05) is 0 Å².